The molecule has 0 bridgehead atoms. The van der Waals surface area contributed by atoms with Gasteiger partial charge in [0.25, 0.3) is 5.69 Å². The highest BCUT2D eigenvalue weighted by atomic mass is 16.6. The van der Waals surface area contributed by atoms with Crippen molar-refractivity contribution in [1.29, 1.82) is 0 Å². The van der Waals surface area contributed by atoms with Crippen molar-refractivity contribution in [3.05, 3.63) is 28.3 Å². The average molecular weight is 269 g/mol. The molecule has 0 saturated carbocycles. The quantitative estimate of drug-likeness (QED) is 0.390. The van der Waals surface area contributed by atoms with Gasteiger partial charge >= 0.3 is 0 Å². The smallest absolute Gasteiger partial charge is 0.294 e. The van der Waals surface area contributed by atoms with E-state index in [0.717, 1.165) is 0 Å². The molecule has 0 aliphatic heterocycles. The van der Waals surface area contributed by atoms with Crippen LogP contribution >= 0.6 is 0 Å². The number of benzene rings is 1. The minimum absolute atomic E-state index is 0.0185. The largest absolute Gasteiger partial charge is 0.395 e. The second-order valence-electron chi connectivity index (χ2n) is 4.08. The number of hydrogen-bond acceptors (Lipinski definition) is 6. The van der Waals surface area contributed by atoms with Crippen LogP contribution in [0.1, 0.15) is 13.8 Å². The molecule has 1 aromatic carbocycles. The Morgan fingerprint density at radius 2 is 2.21 bits per heavy atom. The van der Waals surface area contributed by atoms with Gasteiger partial charge in [-0.1, -0.05) is 0 Å². The summed E-state index contributed by atoms with van der Waals surface area (Å²) in [4.78, 5) is 12.4. The second kappa shape index (κ2) is 6.91. The van der Waals surface area contributed by atoms with E-state index in [1.807, 2.05) is 11.8 Å². The molecule has 0 spiro atoms. The highest BCUT2D eigenvalue weighted by Crippen LogP contribution is 2.30. The molecule has 7 heteroatoms. The van der Waals surface area contributed by atoms with Crippen molar-refractivity contribution in [2.24, 2.45) is 0 Å². The number of nitro groups is 1. The van der Waals surface area contributed by atoms with Crippen LogP contribution in [-0.4, -0.2) is 41.1 Å². The summed E-state index contributed by atoms with van der Waals surface area (Å²) in [6.45, 7) is 4.43. The van der Waals surface area contributed by atoms with E-state index < -0.39 is 11.2 Å². The molecule has 19 heavy (non-hydrogen) atoms. The van der Waals surface area contributed by atoms with Crippen LogP contribution in [0.15, 0.2) is 18.2 Å². The lowest BCUT2D eigenvalue weighted by Crippen LogP contribution is -2.26. The van der Waals surface area contributed by atoms with Crippen molar-refractivity contribution in [3.8, 4) is 0 Å². The van der Waals surface area contributed by atoms with Crippen molar-refractivity contribution >= 4 is 17.1 Å². The van der Waals surface area contributed by atoms with Gasteiger partial charge in [0.05, 0.1) is 11.5 Å². The molecule has 0 saturated heterocycles. The van der Waals surface area contributed by atoms with Crippen molar-refractivity contribution in [1.82, 2.24) is 0 Å². The van der Waals surface area contributed by atoms with E-state index in [1.54, 1.807) is 12.1 Å². The van der Waals surface area contributed by atoms with Gasteiger partial charge in [0.1, 0.15) is 11.9 Å². The Morgan fingerprint density at radius 3 is 2.68 bits per heavy atom. The predicted octanol–water partition coefficient (Wildman–Crippen LogP) is 1.16. The van der Waals surface area contributed by atoms with Crippen LogP contribution in [0.2, 0.25) is 0 Å². The molecule has 0 aliphatic rings. The fourth-order valence-electron chi connectivity index (χ4n) is 1.81. The van der Waals surface area contributed by atoms with Crippen molar-refractivity contribution in [3.63, 3.8) is 0 Å². The molecule has 0 fully saturated rings. The first kappa shape index (κ1) is 15.2. The number of hydrogen-bond donors (Lipinski definition) is 3. The van der Waals surface area contributed by atoms with Gasteiger partial charge in [0.15, 0.2) is 0 Å². The van der Waals surface area contributed by atoms with Crippen LogP contribution < -0.4 is 10.2 Å². The number of aliphatic hydroxyl groups is 2. The summed E-state index contributed by atoms with van der Waals surface area (Å²) in [6, 6.07) is 4.71. The van der Waals surface area contributed by atoms with Gasteiger partial charge in [0.2, 0.25) is 0 Å². The van der Waals surface area contributed by atoms with E-state index in [9.17, 15) is 15.2 Å². The van der Waals surface area contributed by atoms with Crippen LogP contribution in [0, 0.1) is 10.1 Å². The molecule has 0 radical (unpaired) electrons. The summed E-state index contributed by atoms with van der Waals surface area (Å²) < 4.78 is 0. The van der Waals surface area contributed by atoms with Crippen molar-refractivity contribution < 1.29 is 15.1 Å². The topological polar surface area (TPSA) is 98.9 Å². The Morgan fingerprint density at radius 1 is 1.53 bits per heavy atom. The number of nitro benzene ring substituents is 1. The predicted molar refractivity (Wildman–Crippen MR) is 73.4 cm³/mol. The molecule has 0 amide bonds. The Labute approximate surface area is 111 Å². The maximum atomic E-state index is 11.0. The molecule has 0 aliphatic carbocycles. The van der Waals surface area contributed by atoms with Gasteiger partial charge in [-0.3, -0.25) is 10.1 Å². The highest BCUT2D eigenvalue weighted by molar-refractivity contribution is 5.68. The van der Waals surface area contributed by atoms with E-state index in [1.165, 1.54) is 13.0 Å². The van der Waals surface area contributed by atoms with Gasteiger partial charge < -0.3 is 20.4 Å². The van der Waals surface area contributed by atoms with E-state index in [0.29, 0.717) is 18.8 Å². The Bertz CT molecular complexity index is 437. The van der Waals surface area contributed by atoms with Gasteiger partial charge in [-0.05, 0) is 26.0 Å². The molecule has 7 nitrogen and oxygen atoms in total. The fraction of sp³-hybridized carbons (Fsp3) is 0.500. The molecular weight excluding hydrogens is 250 g/mol. The van der Waals surface area contributed by atoms with Gasteiger partial charge in [-0.15, -0.1) is 0 Å². The zero-order chi connectivity index (χ0) is 14.4. The molecule has 106 valence electrons. The first-order valence-corrected chi connectivity index (χ1v) is 6.08. The highest BCUT2D eigenvalue weighted by Gasteiger charge is 2.17. The van der Waals surface area contributed by atoms with Crippen LogP contribution in [0.3, 0.4) is 0 Å². The zero-order valence-corrected chi connectivity index (χ0v) is 11.0. The van der Waals surface area contributed by atoms with Crippen molar-refractivity contribution in [2.45, 2.75) is 20.1 Å². The van der Waals surface area contributed by atoms with Gasteiger partial charge in [0, 0.05) is 24.8 Å². The molecular formula is C12H19N3O4. The number of rotatable bonds is 7. The molecule has 0 heterocycles. The molecule has 1 atom stereocenters. The molecule has 0 aromatic heterocycles. The third kappa shape index (κ3) is 4.08. The Hall–Kier alpha value is -1.86. The number of nitrogens with zero attached hydrogens (tertiary/aromatic N) is 2. The number of anilines is 2. The summed E-state index contributed by atoms with van der Waals surface area (Å²) in [7, 11) is 0. The standard InChI is InChI=1S/C12H19N3O4/c1-3-14(6-7-16)10-4-5-11(13-9(2)17)12(8-10)15(18)19/h4-5,8-9,13,16-17H,3,6-7H2,1-2H3. The number of aliphatic hydroxyl groups excluding tert-OH is 2. The Kier molecular flexibility index (Phi) is 5.53. The first-order chi connectivity index (χ1) is 8.99. The molecule has 1 aromatic rings. The first-order valence-electron chi connectivity index (χ1n) is 6.08. The number of likely N-dealkylation sites (N-methyl/N-ethyl adjacent to an activating group) is 1. The van der Waals surface area contributed by atoms with Crippen molar-refractivity contribution in [2.75, 3.05) is 29.9 Å². The van der Waals surface area contributed by atoms with Crippen LogP contribution in [0.5, 0.6) is 0 Å². The Balaban J connectivity index is 3.11. The van der Waals surface area contributed by atoms with Gasteiger partial charge in [-0.25, -0.2) is 0 Å². The third-order valence-corrected chi connectivity index (χ3v) is 2.66. The maximum absolute atomic E-state index is 11.0. The maximum Gasteiger partial charge on any atom is 0.294 e. The summed E-state index contributed by atoms with van der Waals surface area (Å²) >= 11 is 0. The fourth-order valence-corrected chi connectivity index (χ4v) is 1.81. The monoisotopic (exact) mass is 269 g/mol. The van der Waals surface area contributed by atoms with E-state index in [-0.39, 0.29) is 18.0 Å². The summed E-state index contributed by atoms with van der Waals surface area (Å²) in [5, 5.41) is 31.9. The zero-order valence-electron chi connectivity index (χ0n) is 11.0. The van der Waals surface area contributed by atoms with E-state index >= 15 is 0 Å². The average Bonchev–Trinajstić information content (AvgIpc) is 2.35. The lowest BCUT2D eigenvalue weighted by molar-refractivity contribution is -0.383. The van der Waals surface area contributed by atoms with E-state index in [4.69, 9.17) is 5.11 Å². The lowest BCUT2D eigenvalue weighted by Gasteiger charge is -2.22. The number of nitrogens with one attached hydrogen (secondary N) is 1. The van der Waals surface area contributed by atoms with E-state index in [2.05, 4.69) is 5.32 Å². The summed E-state index contributed by atoms with van der Waals surface area (Å²) in [5.41, 5.74) is 0.831. The normalized spacial score (nSPS) is 12.0. The lowest BCUT2D eigenvalue weighted by atomic mass is 10.2. The van der Waals surface area contributed by atoms with Crippen LogP contribution in [-0.2, 0) is 0 Å². The minimum atomic E-state index is -0.871. The molecule has 1 unspecified atom stereocenters. The van der Waals surface area contributed by atoms with Crippen LogP contribution in [0.4, 0.5) is 17.1 Å². The SMILES string of the molecule is CCN(CCO)c1ccc(NC(C)O)c([N+](=O)[O-])c1. The second-order valence-corrected chi connectivity index (χ2v) is 4.08. The molecule has 3 N–H and O–H groups in total. The summed E-state index contributed by atoms with van der Waals surface area (Å²) in [6.07, 6.45) is -0.871. The summed E-state index contributed by atoms with van der Waals surface area (Å²) in [5.74, 6) is 0. The third-order valence-electron chi connectivity index (χ3n) is 2.66. The minimum Gasteiger partial charge on any atom is -0.395 e. The van der Waals surface area contributed by atoms with Crippen LogP contribution in [0.25, 0.3) is 0 Å². The molecule has 1 rings (SSSR count). The van der Waals surface area contributed by atoms with Gasteiger partial charge in [-0.2, -0.15) is 0 Å².